The third-order valence-corrected chi connectivity index (χ3v) is 4.77. The standard InChI is InChI=1S/C18H28FN/c1-5-20-17(14-8-10-18(3,4)11-9-14)15-12-13(2)6-7-16(15)19/h6-7,12,14,17,20H,5,8-11H2,1-4H3. The molecular formula is C18H28FN. The van der Waals surface area contributed by atoms with Crippen molar-refractivity contribution in [1.82, 2.24) is 5.32 Å². The topological polar surface area (TPSA) is 12.0 Å². The van der Waals surface area contributed by atoms with Crippen molar-refractivity contribution in [3.05, 3.63) is 35.1 Å². The van der Waals surface area contributed by atoms with Gasteiger partial charge in [-0.3, -0.25) is 0 Å². The van der Waals surface area contributed by atoms with Gasteiger partial charge in [0.2, 0.25) is 0 Å². The Kier molecular flexibility index (Phi) is 4.85. The van der Waals surface area contributed by atoms with Crippen LogP contribution >= 0.6 is 0 Å². The molecule has 1 aromatic carbocycles. The molecule has 0 spiro atoms. The van der Waals surface area contributed by atoms with E-state index in [1.165, 1.54) is 25.7 Å². The van der Waals surface area contributed by atoms with Gasteiger partial charge in [0.25, 0.3) is 0 Å². The summed E-state index contributed by atoms with van der Waals surface area (Å²) in [6, 6.07) is 5.65. The van der Waals surface area contributed by atoms with E-state index in [9.17, 15) is 4.39 Å². The van der Waals surface area contributed by atoms with Gasteiger partial charge in [0.15, 0.2) is 0 Å². The van der Waals surface area contributed by atoms with E-state index in [1.54, 1.807) is 6.07 Å². The van der Waals surface area contributed by atoms with Gasteiger partial charge in [0.1, 0.15) is 5.82 Å². The zero-order valence-electron chi connectivity index (χ0n) is 13.3. The molecule has 0 aliphatic heterocycles. The zero-order chi connectivity index (χ0) is 14.8. The maximum atomic E-state index is 14.2. The normalized spacial score (nSPS) is 20.9. The highest BCUT2D eigenvalue weighted by molar-refractivity contribution is 5.27. The number of hydrogen-bond donors (Lipinski definition) is 1. The highest BCUT2D eigenvalue weighted by Gasteiger charge is 2.32. The second-order valence-electron chi connectivity index (χ2n) is 7.06. The molecule has 1 aliphatic carbocycles. The number of benzene rings is 1. The Morgan fingerprint density at radius 1 is 1.30 bits per heavy atom. The molecule has 0 amide bonds. The second-order valence-corrected chi connectivity index (χ2v) is 7.06. The molecule has 20 heavy (non-hydrogen) atoms. The molecule has 1 N–H and O–H groups in total. The first-order chi connectivity index (χ1) is 9.43. The number of halogens is 1. The van der Waals surface area contributed by atoms with Gasteiger partial charge in [-0.1, -0.05) is 38.5 Å². The molecule has 2 rings (SSSR count). The molecule has 1 atom stereocenters. The quantitative estimate of drug-likeness (QED) is 0.816. The van der Waals surface area contributed by atoms with Crippen LogP contribution in [0.1, 0.15) is 63.6 Å². The summed E-state index contributed by atoms with van der Waals surface area (Å²) >= 11 is 0. The van der Waals surface area contributed by atoms with Crippen molar-refractivity contribution in [3.63, 3.8) is 0 Å². The van der Waals surface area contributed by atoms with Crippen molar-refractivity contribution in [3.8, 4) is 0 Å². The Bertz CT molecular complexity index is 443. The lowest BCUT2D eigenvalue weighted by Gasteiger charge is -2.38. The monoisotopic (exact) mass is 277 g/mol. The maximum absolute atomic E-state index is 14.2. The summed E-state index contributed by atoms with van der Waals surface area (Å²) in [5.74, 6) is 0.491. The number of aryl methyl sites for hydroxylation is 1. The van der Waals surface area contributed by atoms with E-state index in [0.29, 0.717) is 11.3 Å². The van der Waals surface area contributed by atoms with Crippen LogP contribution in [0.15, 0.2) is 18.2 Å². The maximum Gasteiger partial charge on any atom is 0.128 e. The van der Waals surface area contributed by atoms with E-state index in [2.05, 4.69) is 26.1 Å². The van der Waals surface area contributed by atoms with Gasteiger partial charge in [0.05, 0.1) is 0 Å². The Labute approximate surface area is 123 Å². The van der Waals surface area contributed by atoms with Gasteiger partial charge >= 0.3 is 0 Å². The average Bonchev–Trinajstić information content (AvgIpc) is 2.40. The molecule has 1 nitrogen and oxygen atoms in total. The molecule has 0 bridgehead atoms. The summed E-state index contributed by atoms with van der Waals surface area (Å²) in [4.78, 5) is 0. The lowest BCUT2D eigenvalue weighted by molar-refractivity contribution is 0.160. The molecule has 1 aromatic rings. The Morgan fingerprint density at radius 2 is 1.95 bits per heavy atom. The van der Waals surface area contributed by atoms with Gasteiger partial charge < -0.3 is 5.32 Å². The Hall–Kier alpha value is -0.890. The molecule has 1 saturated carbocycles. The van der Waals surface area contributed by atoms with E-state index >= 15 is 0 Å². The minimum absolute atomic E-state index is 0.0635. The van der Waals surface area contributed by atoms with Crippen molar-refractivity contribution in [1.29, 1.82) is 0 Å². The van der Waals surface area contributed by atoms with E-state index < -0.39 is 0 Å². The summed E-state index contributed by atoms with van der Waals surface area (Å²) in [7, 11) is 0. The second kappa shape index (κ2) is 6.26. The number of hydrogen-bond acceptors (Lipinski definition) is 1. The summed E-state index contributed by atoms with van der Waals surface area (Å²) in [5.41, 5.74) is 2.45. The van der Waals surface area contributed by atoms with Gasteiger partial charge in [0, 0.05) is 11.6 Å². The van der Waals surface area contributed by atoms with E-state index in [0.717, 1.165) is 17.7 Å². The number of nitrogens with one attached hydrogen (secondary N) is 1. The first-order valence-corrected chi connectivity index (χ1v) is 7.92. The largest absolute Gasteiger partial charge is 0.310 e. The van der Waals surface area contributed by atoms with Crippen LogP contribution in [-0.4, -0.2) is 6.54 Å². The third kappa shape index (κ3) is 3.60. The third-order valence-electron chi connectivity index (χ3n) is 4.77. The first-order valence-electron chi connectivity index (χ1n) is 7.92. The van der Waals surface area contributed by atoms with Gasteiger partial charge in [-0.05, 0) is 56.6 Å². The fourth-order valence-corrected chi connectivity index (χ4v) is 3.41. The van der Waals surface area contributed by atoms with Crippen LogP contribution in [0.5, 0.6) is 0 Å². The number of rotatable bonds is 4. The Balaban J connectivity index is 2.21. The van der Waals surface area contributed by atoms with Crippen molar-refractivity contribution in [2.45, 2.75) is 59.4 Å². The molecular weight excluding hydrogens is 249 g/mol. The van der Waals surface area contributed by atoms with Crippen LogP contribution in [0, 0.1) is 24.1 Å². The highest BCUT2D eigenvalue weighted by Crippen LogP contribution is 2.43. The average molecular weight is 277 g/mol. The molecule has 0 saturated heterocycles. The smallest absolute Gasteiger partial charge is 0.128 e. The van der Waals surface area contributed by atoms with Gasteiger partial charge in [-0.2, -0.15) is 0 Å². The first kappa shape index (κ1) is 15.5. The molecule has 112 valence electrons. The van der Waals surface area contributed by atoms with Crippen LogP contribution in [0.2, 0.25) is 0 Å². The van der Waals surface area contributed by atoms with E-state index in [1.807, 2.05) is 19.1 Å². The molecule has 1 aliphatic rings. The van der Waals surface area contributed by atoms with E-state index in [4.69, 9.17) is 0 Å². The molecule has 0 aromatic heterocycles. The van der Waals surface area contributed by atoms with Crippen molar-refractivity contribution in [2.75, 3.05) is 6.54 Å². The molecule has 0 radical (unpaired) electrons. The fourth-order valence-electron chi connectivity index (χ4n) is 3.41. The predicted molar refractivity (Wildman–Crippen MR) is 83.3 cm³/mol. The van der Waals surface area contributed by atoms with Gasteiger partial charge in [-0.15, -0.1) is 0 Å². The summed E-state index contributed by atoms with van der Waals surface area (Å²) in [5, 5.41) is 3.52. The summed E-state index contributed by atoms with van der Waals surface area (Å²) < 4.78 is 14.2. The van der Waals surface area contributed by atoms with Crippen molar-refractivity contribution in [2.24, 2.45) is 11.3 Å². The minimum atomic E-state index is -0.0635. The highest BCUT2D eigenvalue weighted by atomic mass is 19.1. The fraction of sp³-hybridized carbons (Fsp3) is 0.667. The lowest BCUT2D eigenvalue weighted by atomic mass is 9.70. The molecule has 1 fully saturated rings. The van der Waals surface area contributed by atoms with Crippen LogP contribution in [0.4, 0.5) is 4.39 Å². The molecule has 1 unspecified atom stereocenters. The van der Waals surface area contributed by atoms with Crippen molar-refractivity contribution >= 4 is 0 Å². The summed E-state index contributed by atoms with van der Waals surface area (Å²) in [6.45, 7) is 9.72. The van der Waals surface area contributed by atoms with Crippen molar-refractivity contribution < 1.29 is 4.39 Å². The SMILES string of the molecule is CCNC(c1cc(C)ccc1F)C1CCC(C)(C)CC1. The summed E-state index contributed by atoms with van der Waals surface area (Å²) in [6.07, 6.45) is 4.87. The Morgan fingerprint density at radius 3 is 2.55 bits per heavy atom. The van der Waals surface area contributed by atoms with Crippen LogP contribution < -0.4 is 5.32 Å². The van der Waals surface area contributed by atoms with Crippen LogP contribution in [-0.2, 0) is 0 Å². The van der Waals surface area contributed by atoms with E-state index in [-0.39, 0.29) is 11.9 Å². The minimum Gasteiger partial charge on any atom is -0.310 e. The molecule has 2 heteroatoms. The lowest BCUT2D eigenvalue weighted by Crippen LogP contribution is -2.33. The van der Waals surface area contributed by atoms with Crippen LogP contribution in [0.3, 0.4) is 0 Å². The molecule has 0 heterocycles. The van der Waals surface area contributed by atoms with Gasteiger partial charge in [-0.25, -0.2) is 4.39 Å². The predicted octanol–water partition coefficient (Wildman–Crippen LogP) is 5.00. The zero-order valence-corrected chi connectivity index (χ0v) is 13.3. The van der Waals surface area contributed by atoms with Crippen LogP contribution in [0.25, 0.3) is 0 Å².